The minimum absolute atomic E-state index is 0.158. The van der Waals surface area contributed by atoms with Crippen molar-refractivity contribution in [2.24, 2.45) is 5.73 Å². The van der Waals surface area contributed by atoms with E-state index in [-0.39, 0.29) is 11.3 Å². The predicted molar refractivity (Wildman–Crippen MR) is 268 cm³/mol. The molecule has 0 unspecified atom stereocenters. The lowest BCUT2D eigenvalue weighted by Gasteiger charge is -2.22. The van der Waals surface area contributed by atoms with Crippen molar-refractivity contribution in [2.45, 2.75) is 155 Å². The molecule has 0 aliphatic heterocycles. The highest BCUT2D eigenvalue weighted by molar-refractivity contribution is 7.13. The van der Waals surface area contributed by atoms with Crippen molar-refractivity contribution >= 4 is 33.8 Å². The third-order valence-corrected chi connectivity index (χ3v) is 15.2. The Bertz CT molecular complexity index is 2520. The van der Waals surface area contributed by atoms with Crippen LogP contribution in [0, 0.1) is 34.0 Å². The Morgan fingerprint density at radius 1 is 0.460 bits per heavy atom. The Morgan fingerprint density at radius 2 is 0.857 bits per heavy atom. The highest BCUT2D eigenvalue weighted by atomic mass is 32.1. The molecule has 3 aromatic carbocycles. The molecule has 0 bridgehead atoms. The normalized spacial score (nSPS) is 12.9. The van der Waals surface area contributed by atoms with Crippen molar-refractivity contribution in [1.29, 1.82) is 15.8 Å². The van der Waals surface area contributed by atoms with E-state index in [2.05, 4.69) is 103 Å². The molecule has 2 heterocycles. The summed E-state index contributed by atoms with van der Waals surface area (Å²) in [6.07, 6.45) is 26.5. The summed E-state index contributed by atoms with van der Waals surface area (Å²) >= 11 is 3.41. The summed E-state index contributed by atoms with van der Waals surface area (Å²) in [5, 5.41) is 36.4. The van der Waals surface area contributed by atoms with Crippen molar-refractivity contribution < 1.29 is 0 Å². The molecule has 324 valence electrons. The van der Waals surface area contributed by atoms with Gasteiger partial charge in [-0.2, -0.15) is 15.8 Å². The Hall–Kier alpha value is -5.19. The minimum atomic E-state index is 0.158. The molecule has 2 aromatic heterocycles. The quantitative estimate of drug-likeness (QED) is 0.0483. The zero-order valence-electron chi connectivity index (χ0n) is 37.7. The highest BCUT2D eigenvalue weighted by Crippen LogP contribution is 2.59. The third kappa shape index (κ3) is 10.3. The minimum Gasteiger partial charge on any atom is -0.390 e. The summed E-state index contributed by atoms with van der Waals surface area (Å²) in [5.74, 6) is 0. The average molecular weight is 869 g/mol. The van der Waals surface area contributed by atoms with E-state index >= 15 is 0 Å². The molecule has 2 N–H and O–H groups in total. The summed E-state index contributed by atoms with van der Waals surface area (Å²) in [6.45, 7) is 4.55. The van der Waals surface area contributed by atoms with Crippen LogP contribution in [0.4, 0.5) is 0 Å². The van der Waals surface area contributed by atoms with Crippen LogP contribution in [-0.2, 0) is 12.8 Å². The Balaban J connectivity index is 1.37. The average Bonchev–Trinajstić information content (AvgIpc) is 4.15. The number of thiophene rings is 2. The molecule has 6 heteroatoms. The number of benzene rings is 3. The lowest BCUT2D eigenvalue weighted by Crippen LogP contribution is -2.07. The first kappa shape index (κ1) is 45.8. The second kappa shape index (κ2) is 22.9. The van der Waals surface area contributed by atoms with Crippen LogP contribution in [0.3, 0.4) is 0 Å². The van der Waals surface area contributed by atoms with Crippen LogP contribution in [0.25, 0.3) is 54.3 Å². The number of fused-ring (bicyclic) bond motifs is 6. The van der Waals surface area contributed by atoms with E-state index in [9.17, 15) is 15.8 Å². The number of hydrogen-bond donors (Lipinski definition) is 1. The molecule has 0 saturated carbocycles. The number of unbranched alkanes of at least 4 members (excludes halogenated alkanes) is 18. The predicted octanol–water partition coefficient (Wildman–Crippen LogP) is 17.1. The van der Waals surface area contributed by atoms with Gasteiger partial charge in [0.2, 0.25) is 0 Å². The monoisotopic (exact) mass is 868 g/mol. The number of nitriles is 3. The molecule has 63 heavy (non-hydrogen) atoms. The zero-order chi connectivity index (χ0) is 44.0. The summed E-state index contributed by atoms with van der Waals surface area (Å²) in [4.78, 5) is 2.33. The molecule has 0 atom stereocenters. The van der Waals surface area contributed by atoms with Crippen molar-refractivity contribution in [1.82, 2.24) is 0 Å². The van der Waals surface area contributed by atoms with E-state index in [0.29, 0.717) is 0 Å². The number of nitrogens with two attached hydrogens (primary N) is 1. The molecule has 0 amide bonds. The summed E-state index contributed by atoms with van der Waals surface area (Å²) in [6, 6.07) is 28.9. The van der Waals surface area contributed by atoms with Crippen molar-refractivity contribution in [3.8, 4) is 61.3 Å². The fourth-order valence-corrected chi connectivity index (χ4v) is 11.7. The van der Waals surface area contributed by atoms with Gasteiger partial charge in [-0.05, 0) is 127 Å². The first-order chi connectivity index (χ1) is 31.1. The van der Waals surface area contributed by atoms with E-state index < -0.39 is 0 Å². The second-order valence-electron chi connectivity index (χ2n) is 17.7. The molecule has 5 aromatic rings. The molecule has 0 saturated heterocycles. The molecule has 0 fully saturated rings. The summed E-state index contributed by atoms with van der Waals surface area (Å²) in [7, 11) is 0. The van der Waals surface area contributed by atoms with Crippen LogP contribution in [0.15, 0.2) is 82.7 Å². The number of nitrogens with zero attached hydrogens (tertiary/aromatic N) is 3. The van der Waals surface area contributed by atoms with Crippen LogP contribution in [-0.4, -0.2) is 0 Å². The maximum Gasteiger partial charge on any atom is 0.138 e. The van der Waals surface area contributed by atoms with Crippen LogP contribution in [0.2, 0.25) is 0 Å². The van der Waals surface area contributed by atoms with Crippen molar-refractivity contribution in [2.75, 3.05) is 0 Å². The maximum atomic E-state index is 10.8. The molecule has 2 aliphatic rings. The molecular formula is C57H64N4S2. The van der Waals surface area contributed by atoms with Gasteiger partial charge >= 0.3 is 0 Å². The third-order valence-electron chi connectivity index (χ3n) is 13.4. The van der Waals surface area contributed by atoms with Crippen LogP contribution >= 0.6 is 22.7 Å². The van der Waals surface area contributed by atoms with Gasteiger partial charge in [0.15, 0.2) is 0 Å². The van der Waals surface area contributed by atoms with Gasteiger partial charge in [-0.1, -0.05) is 166 Å². The van der Waals surface area contributed by atoms with Gasteiger partial charge < -0.3 is 5.73 Å². The van der Waals surface area contributed by atoms with Gasteiger partial charge in [-0.25, -0.2) is 0 Å². The van der Waals surface area contributed by atoms with Crippen molar-refractivity contribution in [3.63, 3.8) is 0 Å². The summed E-state index contributed by atoms with van der Waals surface area (Å²) in [5.41, 5.74) is 22.0. The van der Waals surface area contributed by atoms with E-state index in [1.165, 1.54) is 119 Å². The highest BCUT2D eigenvalue weighted by Gasteiger charge is 2.40. The topological polar surface area (TPSA) is 97.4 Å². The number of rotatable bonds is 24. The van der Waals surface area contributed by atoms with Gasteiger partial charge in [0.1, 0.15) is 29.5 Å². The zero-order valence-corrected chi connectivity index (χ0v) is 39.4. The van der Waals surface area contributed by atoms with Crippen LogP contribution < -0.4 is 5.73 Å². The fraction of sp³-hybridized carbons (Fsp3) is 0.421. The number of hydrogen-bond acceptors (Lipinski definition) is 6. The van der Waals surface area contributed by atoms with E-state index in [4.69, 9.17) is 5.73 Å². The van der Waals surface area contributed by atoms with Gasteiger partial charge in [0, 0.05) is 20.9 Å². The lowest BCUT2D eigenvalue weighted by molar-refractivity contribution is 0.556. The molecule has 2 aliphatic carbocycles. The Labute approximate surface area is 385 Å². The van der Waals surface area contributed by atoms with E-state index in [1.807, 2.05) is 0 Å². The molecule has 0 radical (unpaired) electrons. The second-order valence-corrected chi connectivity index (χ2v) is 19.6. The van der Waals surface area contributed by atoms with E-state index in [0.717, 1.165) is 110 Å². The first-order valence-corrected chi connectivity index (χ1v) is 25.9. The first-order valence-electron chi connectivity index (χ1n) is 24.1. The molecule has 4 nitrogen and oxygen atoms in total. The smallest absolute Gasteiger partial charge is 0.138 e. The van der Waals surface area contributed by atoms with Gasteiger partial charge in [-0.15, -0.1) is 22.7 Å². The maximum absolute atomic E-state index is 10.8. The van der Waals surface area contributed by atoms with Gasteiger partial charge in [0.25, 0.3) is 0 Å². The Morgan fingerprint density at radius 3 is 1.24 bits per heavy atom. The SMILES string of the molecule is CCCCCCCCCCCCc1c2c(c(CCCCCCCCCCCC)c3c1-c1ccc(-c4cccs4)cc1C3=C(C#N)C#N)-c1ccc(-c3cccs3)cc1/C2=C(/N)C#N. The molecular weight excluding hydrogens is 805 g/mol. The van der Waals surface area contributed by atoms with Crippen LogP contribution in [0.1, 0.15) is 176 Å². The van der Waals surface area contributed by atoms with E-state index in [1.54, 1.807) is 22.7 Å². The molecule has 0 spiro atoms. The fourth-order valence-electron chi connectivity index (χ4n) is 10.2. The van der Waals surface area contributed by atoms with Gasteiger partial charge in [0.05, 0.1) is 0 Å². The summed E-state index contributed by atoms with van der Waals surface area (Å²) < 4.78 is 0. The number of allylic oxidation sites excluding steroid dienone is 2. The van der Waals surface area contributed by atoms with Crippen LogP contribution in [0.5, 0.6) is 0 Å². The standard InChI is InChI=1S/C57H64N4S2/c1-3-5-7-9-11-13-15-17-19-21-25-45-54-44-32-30-41(51-28-24-34-63-51)36-48(44)55(49(61)39-60)57(54)46(26-22-20-18-16-14-12-10-8-6-4-2)53-43-31-29-40(50-27-23-33-62-50)35-47(43)52(56(45)53)42(37-58)38-59/h23-24,27-36H,3-22,25-26,61H2,1-2H3/b55-49-. The van der Waals surface area contributed by atoms with Crippen molar-refractivity contribution in [3.05, 3.63) is 116 Å². The Kier molecular flexibility index (Phi) is 16.7. The lowest BCUT2D eigenvalue weighted by atomic mass is 9.80. The molecule has 7 rings (SSSR count). The largest absolute Gasteiger partial charge is 0.390 e. The van der Waals surface area contributed by atoms with Gasteiger partial charge in [-0.3, -0.25) is 0 Å².